The fourth-order valence-corrected chi connectivity index (χ4v) is 1.26. The molecule has 1 aromatic rings. The van der Waals surface area contributed by atoms with Crippen molar-refractivity contribution in [3.05, 3.63) is 23.8 Å². The minimum Gasteiger partial charge on any atom is -0.504 e. The summed E-state index contributed by atoms with van der Waals surface area (Å²) in [6.45, 7) is 7.90. The highest BCUT2D eigenvalue weighted by Crippen LogP contribution is 2.32. The van der Waals surface area contributed by atoms with Crippen LogP contribution in [0.1, 0.15) is 39.7 Å². The predicted molar refractivity (Wildman–Crippen MR) is 62.7 cm³/mol. The molecule has 0 atom stereocenters. The standard InChI is InChI=1S/C13H18O3/c1-5-12(15)16-11-8-9(13(2,3)4)6-7-10(11)14/h6-8,14H,5H2,1-4H3. The van der Waals surface area contributed by atoms with E-state index in [1.165, 1.54) is 0 Å². The Morgan fingerprint density at radius 2 is 2.00 bits per heavy atom. The summed E-state index contributed by atoms with van der Waals surface area (Å²) in [4.78, 5) is 11.2. The maximum absolute atomic E-state index is 11.2. The number of esters is 1. The van der Waals surface area contributed by atoms with Gasteiger partial charge < -0.3 is 9.84 Å². The van der Waals surface area contributed by atoms with Crippen molar-refractivity contribution < 1.29 is 14.6 Å². The highest BCUT2D eigenvalue weighted by Gasteiger charge is 2.16. The van der Waals surface area contributed by atoms with Gasteiger partial charge in [-0.15, -0.1) is 0 Å². The second-order valence-electron chi connectivity index (χ2n) is 4.76. The van der Waals surface area contributed by atoms with E-state index >= 15 is 0 Å². The van der Waals surface area contributed by atoms with Crippen LogP contribution >= 0.6 is 0 Å². The van der Waals surface area contributed by atoms with Gasteiger partial charge in [-0.3, -0.25) is 4.79 Å². The van der Waals surface area contributed by atoms with E-state index in [0.717, 1.165) is 5.56 Å². The van der Waals surface area contributed by atoms with Crippen LogP contribution in [-0.4, -0.2) is 11.1 Å². The van der Waals surface area contributed by atoms with Crippen LogP contribution in [0.5, 0.6) is 11.5 Å². The lowest BCUT2D eigenvalue weighted by molar-refractivity contribution is -0.134. The lowest BCUT2D eigenvalue weighted by Crippen LogP contribution is -2.12. The molecule has 0 fully saturated rings. The summed E-state index contributed by atoms with van der Waals surface area (Å²) in [5.74, 6) is -0.115. The minimum atomic E-state index is -0.346. The quantitative estimate of drug-likeness (QED) is 0.618. The van der Waals surface area contributed by atoms with Crippen molar-refractivity contribution >= 4 is 5.97 Å². The monoisotopic (exact) mass is 222 g/mol. The molecule has 0 bridgehead atoms. The Morgan fingerprint density at radius 1 is 1.38 bits per heavy atom. The summed E-state index contributed by atoms with van der Waals surface area (Å²) < 4.78 is 5.04. The molecule has 88 valence electrons. The highest BCUT2D eigenvalue weighted by molar-refractivity contribution is 5.73. The van der Waals surface area contributed by atoms with E-state index in [1.54, 1.807) is 19.1 Å². The molecule has 0 saturated carbocycles. The Bertz CT molecular complexity index is 389. The third-order valence-electron chi connectivity index (χ3n) is 2.34. The Kier molecular flexibility index (Phi) is 3.58. The molecule has 1 N–H and O–H groups in total. The number of carbonyl (C=O) groups excluding carboxylic acids is 1. The van der Waals surface area contributed by atoms with Gasteiger partial charge in [-0.25, -0.2) is 0 Å². The number of ether oxygens (including phenoxy) is 1. The molecular weight excluding hydrogens is 204 g/mol. The van der Waals surface area contributed by atoms with Crippen LogP contribution in [-0.2, 0) is 10.2 Å². The van der Waals surface area contributed by atoms with Crippen molar-refractivity contribution in [1.82, 2.24) is 0 Å². The first-order valence-corrected chi connectivity index (χ1v) is 5.38. The van der Waals surface area contributed by atoms with Gasteiger partial charge in [-0.1, -0.05) is 33.8 Å². The molecule has 0 saturated heterocycles. The fraction of sp³-hybridized carbons (Fsp3) is 0.462. The first-order chi connectivity index (χ1) is 7.34. The predicted octanol–water partition coefficient (Wildman–Crippen LogP) is 3.01. The zero-order valence-corrected chi connectivity index (χ0v) is 10.2. The van der Waals surface area contributed by atoms with Gasteiger partial charge in [0.25, 0.3) is 0 Å². The van der Waals surface area contributed by atoms with E-state index in [4.69, 9.17) is 4.74 Å². The molecular formula is C13H18O3. The van der Waals surface area contributed by atoms with Crippen LogP contribution in [0, 0.1) is 0 Å². The molecule has 0 radical (unpaired) electrons. The van der Waals surface area contributed by atoms with Crippen LogP contribution in [0.4, 0.5) is 0 Å². The highest BCUT2D eigenvalue weighted by atomic mass is 16.5. The van der Waals surface area contributed by atoms with Gasteiger partial charge in [-0.2, -0.15) is 0 Å². The lowest BCUT2D eigenvalue weighted by Gasteiger charge is -2.20. The molecule has 0 aliphatic carbocycles. The molecule has 0 heterocycles. The summed E-state index contributed by atoms with van der Waals surface area (Å²) in [6, 6.07) is 5.10. The van der Waals surface area contributed by atoms with Gasteiger partial charge in [0.15, 0.2) is 11.5 Å². The van der Waals surface area contributed by atoms with Crippen LogP contribution in [0.25, 0.3) is 0 Å². The third kappa shape index (κ3) is 2.99. The Balaban J connectivity index is 3.04. The maximum atomic E-state index is 11.2. The van der Waals surface area contributed by atoms with Gasteiger partial charge in [0.05, 0.1) is 0 Å². The van der Waals surface area contributed by atoms with Crippen LogP contribution in [0.3, 0.4) is 0 Å². The SMILES string of the molecule is CCC(=O)Oc1cc(C(C)(C)C)ccc1O. The second-order valence-corrected chi connectivity index (χ2v) is 4.76. The summed E-state index contributed by atoms with van der Waals surface area (Å²) in [7, 11) is 0. The fourth-order valence-electron chi connectivity index (χ4n) is 1.26. The number of hydrogen-bond acceptors (Lipinski definition) is 3. The molecule has 0 aromatic heterocycles. The van der Waals surface area contributed by atoms with Gasteiger partial charge in [0, 0.05) is 6.42 Å². The van der Waals surface area contributed by atoms with Crippen molar-refractivity contribution in [2.24, 2.45) is 0 Å². The van der Waals surface area contributed by atoms with Crippen molar-refractivity contribution in [2.75, 3.05) is 0 Å². The van der Waals surface area contributed by atoms with E-state index in [2.05, 4.69) is 20.8 Å². The van der Waals surface area contributed by atoms with Gasteiger partial charge >= 0.3 is 5.97 Å². The second kappa shape index (κ2) is 4.56. The smallest absolute Gasteiger partial charge is 0.311 e. The summed E-state index contributed by atoms with van der Waals surface area (Å²) in [6.07, 6.45) is 0.291. The molecule has 3 nitrogen and oxygen atoms in total. The molecule has 1 rings (SSSR count). The van der Waals surface area contributed by atoms with E-state index < -0.39 is 0 Å². The minimum absolute atomic E-state index is 0.00481. The topological polar surface area (TPSA) is 46.5 Å². The summed E-state index contributed by atoms with van der Waals surface area (Å²) in [5, 5.41) is 9.57. The van der Waals surface area contributed by atoms with E-state index in [-0.39, 0.29) is 22.9 Å². The van der Waals surface area contributed by atoms with Crippen molar-refractivity contribution in [3.8, 4) is 11.5 Å². The Morgan fingerprint density at radius 3 is 2.50 bits per heavy atom. The number of hydrogen-bond donors (Lipinski definition) is 1. The lowest BCUT2D eigenvalue weighted by atomic mass is 9.87. The number of aromatic hydroxyl groups is 1. The molecule has 0 amide bonds. The molecule has 0 aliphatic heterocycles. The summed E-state index contributed by atoms with van der Waals surface area (Å²) in [5.41, 5.74) is 0.977. The molecule has 3 heteroatoms. The first-order valence-electron chi connectivity index (χ1n) is 5.38. The van der Waals surface area contributed by atoms with Gasteiger partial charge in [0.2, 0.25) is 0 Å². The average Bonchev–Trinajstić information content (AvgIpc) is 2.19. The molecule has 16 heavy (non-hydrogen) atoms. The number of carbonyl (C=O) groups is 1. The Hall–Kier alpha value is -1.51. The van der Waals surface area contributed by atoms with E-state index in [1.807, 2.05) is 6.07 Å². The normalized spacial score (nSPS) is 11.2. The van der Waals surface area contributed by atoms with Crippen LogP contribution in [0.2, 0.25) is 0 Å². The third-order valence-corrected chi connectivity index (χ3v) is 2.34. The van der Waals surface area contributed by atoms with Crippen molar-refractivity contribution in [2.45, 2.75) is 39.5 Å². The van der Waals surface area contributed by atoms with Crippen LogP contribution < -0.4 is 4.74 Å². The molecule has 0 aliphatic rings. The number of benzene rings is 1. The Labute approximate surface area is 96.1 Å². The largest absolute Gasteiger partial charge is 0.504 e. The number of rotatable bonds is 2. The van der Waals surface area contributed by atoms with Crippen molar-refractivity contribution in [1.29, 1.82) is 0 Å². The summed E-state index contributed by atoms with van der Waals surface area (Å²) >= 11 is 0. The van der Waals surface area contributed by atoms with Gasteiger partial charge in [0.1, 0.15) is 0 Å². The number of phenolic OH excluding ortho intramolecular Hbond substituents is 1. The van der Waals surface area contributed by atoms with E-state index in [9.17, 15) is 9.90 Å². The number of phenols is 1. The zero-order valence-electron chi connectivity index (χ0n) is 10.2. The zero-order chi connectivity index (χ0) is 12.3. The van der Waals surface area contributed by atoms with E-state index in [0.29, 0.717) is 6.42 Å². The molecule has 0 unspecified atom stereocenters. The van der Waals surface area contributed by atoms with Crippen LogP contribution in [0.15, 0.2) is 18.2 Å². The van der Waals surface area contributed by atoms with Crippen molar-refractivity contribution in [3.63, 3.8) is 0 Å². The maximum Gasteiger partial charge on any atom is 0.311 e. The van der Waals surface area contributed by atoms with Gasteiger partial charge in [-0.05, 0) is 23.1 Å². The first kappa shape index (κ1) is 12.6. The molecule has 1 aromatic carbocycles. The average molecular weight is 222 g/mol. The molecule has 0 spiro atoms.